The van der Waals surface area contributed by atoms with E-state index in [2.05, 4.69) is 76.3 Å². The van der Waals surface area contributed by atoms with Gasteiger partial charge in [-0.25, -0.2) is 0 Å². The first-order valence-corrected chi connectivity index (χ1v) is 8.91. The van der Waals surface area contributed by atoms with Gasteiger partial charge in [-0.3, -0.25) is 4.99 Å². The van der Waals surface area contributed by atoms with Crippen molar-refractivity contribution in [2.75, 3.05) is 46.9 Å². The number of nitrogens with zero attached hydrogens (tertiary/aromatic N) is 3. The summed E-state index contributed by atoms with van der Waals surface area (Å²) in [5.74, 6) is 0.923. The Morgan fingerprint density at radius 2 is 2.17 bits per heavy atom. The van der Waals surface area contributed by atoms with E-state index in [-0.39, 0.29) is 6.10 Å². The van der Waals surface area contributed by atoms with E-state index >= 15 is 0 Å². The highest BCUT2D eigenvalue weighted by Gasteiger charge is 2.17. The number of guanidine groups is 1. The number of morpholine rings is 1. The predicted molar refractivity (Wildman–Crippen MR) is 98.8 cm³/mol. The standard InChI is InChI=1S/C17H27BrN4O/c1-4-19-17(20-11-16-13-21(2)9-10-23-16)22(3)12-14-5-7-15(18)8-6-14/h5-8,16H,4,9-13H2,1-3H3,(H,19,20). The molecule has 23 heavy (non-hydrogen) atoms. The second-order valence-electron chi connectivity index (χ2n) is 5.93. The van der Waals surface area contributed by atoms with Crippen LogP contribution in [0.2, 0.25) is 0 Å². The van der Waals surface area contributed by atoms with Crippen LogP contribution >= 0.6 is 15.9 Å². The van der Waals surface area contributed by atoms with Gasteiger partial charge < -0.3 is 19.9 Å². The molecule has 1 unspecified atom stereocenters. The van der Waals surface area contributed by atoms with Crippen LogP contribution in [0.5, 0.6) is 0 Å². The number of benzene rings is 1. The minimum atomic E-state index is 0.184. The maximum atomic E-state index is 5.79. The molecule has 1 atom stereocenters. The van der Waals surface area contributed by atoms with E-state index in [1.807, 2.05) is 0 Å². The third-order valence-corrected chi connectivity index (χ3v) is 4.34. The molecule has 1 aromatic rings. The van der Waals surface area contributed by atoms with Crippen LogP contribution in [0.1, 0.15) is 12.5 Å². The average Bonchev–Trinajstić information content (AvgIpc) is 2.53. The first-order valence-electron chi connectivity index (χ1n) is 8.12. The molecule has 128 valence electrons. The Hall–Kier alpha value is -1.11. The van der Waals surface area contributed by atoms with Crippen molar-refractivity contribution in [1.29, 1.82) is 0 Å². The molecule has 0 aromatic heterocycles. The normalized spacial score (nSPS) is 19.7. The molecule has 1 aliphatic heterocycles. The fourth-order valence-corrected chi connectivity index (χ4v) is 2.84. The summed E-state index contributed by atoms with van der Waals surface area (Å²) in [4.78, 5) is 9.20. The Balaban J connectivity index is 1.95. The van der Waals surface area contributed by atoms with Crippen molar-refractivity contribution in [2.45, 2.75) is 19.6 Å². The molecular weight excluding hydrogens is 356 g/mol. The predicted octanol–water partition coefficient (Wildman–Crippen LogP) is 2.18. The van der Waals surface area contributed by atoms with Gasteiger partial charge in [0.05, 0.1) is 19.3 Å². The van der Waals surface area contributed by atoms with Crippen LogP contribution in [0, 0.1) is 0 Å². The molecule has 0 bridgehead atoms. The Labute approximate surface area is 147 Å². The van der Waals surface area contributed by atoms with Crippen molar-refractivity contribution < 1.29 is 4.74 Å². The average molecular weight is 383 g/mol. The van der Waals surface area contributed by atoms with Crippen molar-refractivity contribution in [3.05, 3.63) is 34.3 Å². The van der Waals surface area contributed by atoms with Gasteiger partial charge in [-0.1, -0.05) is 28.1 Å². The Morgan fingerprint density at radius 3 is 2.83 bits per heavy atom. The summed E-state index contributed by atoms with van der Waals surface area (Å²) in [7, 11) is 4.20. The summed E-state index contributed by atoms with van der Waals surface area (Å²) in [5.41, 5.74) is 1.26. The highest BCUT2D eigenvalue weighted by Crippen LogP contribution is 2.12. The zero-order valence-corrected chi connectivity index (χ0v) is 15.8. The summed E-state index contributed by atoms with van der Waals surface area (Å²) in [6.07, 6.45) is 0.184. The third kappa shape index (κ3) is 6.12. The van der Waals surface area contributed by atoms with Crippen LogP contribution in [-0.2, 0) is 11.3 Å². The Morgan fingerprint density at radius 1 is 1.43 bits per heavy atom. The van der Waals surface area contributed by atoms with Crippen molar-refractivity contribution in [3.8, 4) is 0 Å². The molecule has 2 rings (SSSR count). The molecule has 5 nitrogen and oxygen atoms in total. The lowest BCUT2D eigenvalue weighted by Gasteiger charge is -2.29. The van der Waals surface area contributed by atoms with Gasteiger partial charge in [0, 0.05) is 37.7 Å². The van der Waals surface area contributed by atoms with E-state index in [0.717, 1.165) is 43.2 Å². The van der Waals surface area contributed by atoms with Crippen LogP contribution in [0.25, 0.3) is 0 Å². The Kier molecular flexibility index (Phi) is 7.33. The van der Waals surface area contributed by atoms with Crippen LogP contribution in [0.3, 0.4) is 0 Å². The number of halogens is 1. The highest BCUT2D eigenvalue weighted by molar-refractivity contribution is 9.10. The first-order chi connectivity index (χ1) is 11.1. The SMILES string of the molecule is CCNC(=NCC1CN(C)CCO1)N(C)Cc1ccc(Br)cc1. The zero-order valence-electron chi connectivity index (χ0n) is 14.3. The number of hydrogen-bond donors (Lipinski definition) is 1. The number of ether oxygens (including phenoxy) is 1. The van der Waals surface area contributed by atoms with E-state index in [0.29, 0.717) is 6.54 Å². The minimum Gasteiger partial charge on any atom is -0.374 e. The van der Waals surface area contributed by atoms with Gasteiger partial charge in [0.15, 0.2) is 5.96 Å². The summed E-state index contributed by atoms with van der Waals surface area (Å²) in [6, 6.07) is 8.39. The van der Waals surface area contributed by atoms with Gasteiger partial charge in [-0.2, -0.15) is 0 Å². The lowest BCUT2D eigenvalue weighted by molar-refractivity contribution is -0.0137. The lowest BCUT2D eigenvalue weighted by Crippen LogP contribution is -2.43. The largest absolute Gasteiger partial charge is 0.374 e. The quantitative estimate of drug-likeness (QED) is 0.625. The molecule has 1 heterocycles. The van der Waals surface area contributed by atoms with Crippen molar-refractivity contribution in [1.82, 2.24) is 15.1 Å². The van der Waals surface area contributed by atoms with Crippen LogP contribution in [-0.4, -0.2) is 68.7 Å². The molecule has 0 spiro atoms. The number of aliphatic imine (C=N–C) groups is 1. The lowest BCUT2D eigenvalue weighted by atomic mass is 10.2. The molecule has 0 saturated carbocycles. The van der Waals surface area contributed by atoms with Gasteiger partial charge >= 0.3 is 0 Å². The molecule has 0 amide bonds. The van der Waals surface area contributed by atoms with Gasteiger partial charge in [-0.05, 0) is 31.7 Å². The van der Waals surface area contributed by atoms with Gasteiger partial charge in [0.25, 0.3) is 0 Å². The molecule has 0 aliphatic carbocycles. The Bertz CT molecular complexity index is 506. The molecule has 1 aromatic carbocycles. The summed E-state index contributed by atoms with van der Waals surface area (Å²) in [6.45, 7) is 7.20. The highest BCUT2D eigenvalue weighted by atomic mass is 79.9. The number of rotatable bonds is 5. The first kappa shape index (κ1) is 18.2. The van der Waals surface area contributed by atoms with Crippen molar-refractivity contribution in [2.24, 2.45) is 4.99 Å². The third-order valence-electron chi connectivity index (χ3n) is 3.82. The molecular formula is C17H27BrN4O. The second-order valence-corrected chi connectivity index (χ2v) is 6.85. The van der Waals surface area contributed by atoms with E-state index < -0.39 is 0 Å². The van der Waals surface area contributed by atoms with E-state index in [4.69, 9.17) is 9.73 Å². The van der Waals surface area contributed by atoms with E-state index in [9.17, 15) is 0 Å². The molecule has 6 heteroatoms. The number of nitrogens with one attached hydrogen (secondary N) is 1. The van der Waals surface area contributed by atoms with Crippen molar-refractivity contribution >= 4 is 21.9 Å². The molecule has 1 aliphatic rings. The van der Waals surface area contributed by atoms with Crippen LogP contribution in [0.15, 0.2) is 33.7 Å². The van der Waals surface area contributed by atoms with Gasteiger partial charge in [0.2, 0.25) is 0 Å². The van der Waals surface area contributed by atoms with E-state index in [1.54, 1.807) is 0 Å². The van der Waals surface area contributed by atoms with Gasteiger partial charge in [0.1, 0.15) is 0 Å². The second kappa shape index (κ2) is 9.25. The number of likely N-dealkylation sites (N-methyl/N-ethyl adjacent to an activating group) is 1. The van der Waals surface area contributed by atoms with E-state index in [1.165, 1.54) is 5.56 Å². The molecule has 1 saturated heterocycles. The summed E-state index contributed by atoms with van der Waals surface area (Å²) < 4.78 is 6.89. The molecule has 1 fully saturated rings. The monoisotopic (exact) mass is 382 g/mol. The van der Waals surface area contributed by atoms with Gasteiger partial charge in [-0.15, -0.1) is 0 Å². The smallest absolute Gasteiger partial charge is 0.194 e. The number of hydrogen-bond acceptors (Lipinski definition) is 3. The van der Waals surface area contributed by atoms with Crippen molar-refractivity contribution in [3.63, 3.8) is 0 Å². The minimum absolute atomic E-state index is 0.184. The molecule has 1 N–H and O–H groups in total. The zero-order chi connectivity index (χ0) is 16.7. The topological polar surface area (TPSA) is 40.1 Å². The van der Waals surface area contributed by atoms with Crippen LogP contribution < -0.4 is 5.32 Å². The molecule has 0 radical (unpaired) electrons. The maximum absolute atomic E-state index is 5.79. The fraction of sp³-hybridized carbons (Fsp3) is 0.588. The fourth-order valence-electron chi connectivity index (χ4n) is 2.57. The summed E-state index contributed by atoms with van der Waals surface area (Å²) >= 11 is 3.47. The maximum Gasteiger partial charge on any atom is 0.194 e. The summed E-state index contributed by atoms with van der Waals surface area (Å²) in [5, 5.41) is 3.36. The van der Waals surface area contributed by atoms with Crippen LogP contribution in [0.4, 0.5) is 0 Å².